The van der Waals surface area contributed by atoms with Crippen molar-refractivity contribution in [3.63, 3.8) is 0 Å². The maximum atomic E-state index is 10.2. The van der Waals surface area contributed by atoms with Crippen LogP contribution in [0.5, 0.6) is 0 Å². The Morgan fingerprint density at radius 2 is 2.56 bits per heavy atom. The molecule has 1 amide bonds. The Morgan fingerprint density at radius 1 is 1.89 bits per heavy atom. The van der Waals surface area contributed by atoms with Gasteiger partial charge in [-0.1, -0.05) is 11.6 Å². The van der Waals surface area contributed by atoms with Crippen LogP contribution in [0.25, 0.3) is 0 Å². The summed E-state index contributed by atoms with van der Waals surface area (Å²) < 4.78 is 4.21. The van der Waals surface area contributed by atoms with Crippen LogP contribution >= 0.6 is 11.6 Å². The number of nitriles is 1. The quantitative estimate of drug-likeness (QED) is 0.456. The summed E-state index contributed by atoms with van der Waals surface area (Å²) in [6.07, 6.45) is -0.674. The van der Waals surface area contributed by atoms with Crippen molar-refractivity contribution in [1.82, 2.24) is 5.32 Å². The Labute approximate surface area is 57.4 Å². The average molecular weight is 149 g/mol. The third kappa shape index (κ3) is 4.91. The van der Waals surface area contributed by atoms with Crippen molar-refractivity contribution in [2.45, 2.75) is 0 Å². The molecule has 0 aromatic rings. The van der Waals surface area contributed by atoms with Crippen molar-refractivity contribution in [1.29, 1.82) is 5.26 Å². The lowest BCUT2D eigenvalue weighted by atomic mass is 10.7. The molecule has 0 aliphatic rings. The lowest BCUT2D eigenvalue weighted by Gasteiger charge is -1.97. The van der Waals surface area contributed by atoms with Gasteiger partial charge in [0.05, 0.1) is 6.07 Å². The Hall–Kier alpha value is -0.950. The molecule has 0 saturated heterocycles. The number of alkyl carbamates (subject to hydrolysis) is 1. The normalized spacial score (nSPS) is 7.56. The second-order valence-corrected chi connectivity index (χ2v) is 1.27. The smallest absolute Gasteiger partial charge is 0.409 e. The number of rotatable bonds is 2. The zero-order valence-electron chi connectivity index (χ0n) is 4.56. The first-order valence-corrected chi connectivity index (χ1v) is 2.68. The zero-order chi connectivity index (χ0) is 7.11. The van der Waals surface area contributed by atoms with Gasteiger partial charge in [0.1, 0.15) is 6.54 Å². The Bertz CT molecular complexity index is 131. The van der Waals surface area contributed by atoms with Gasteiger partial charge in [0, 0.05) is 0 Å². The molecule has 0 heterocycles. The number of nitrogens with zero attached hydrogens (tertiary/aromatic N) is 1. The molecular weight excluding hydrogens is 144 g/mol. The summed E-state index contributed by atoms with van der Waals surface area (Å²) in [5, 5.41) is 10.1. The second kappa shape index (κ2) is 5.19. The van der Waals surface area contributed by atoms with Crippen LogP contribution in [-0.4, -0.2) is 18.7 Å². The van der Waals surface area contributed by atoms with Crippen LogP contribution in [0.15, 0.2) is 0 Å². The summed E-state index contributed by atoms with van der Waals surface area (Å²) in [5.74, 6) is 0. The number of nitrogens with one attached hydrogen (secondary N) is 1. The van der Waals surface area contributed by atoms with E-state index in [1.807, 2.05) is 0 Å². The van der Waals surface area contributed by atoms with E-state index < -0.39 is 6.09 Å². The maximum Gasteiger partial charge on any atom is 0.409 e. The third-order valence-electron chi connectivity index (χ3n) is 0.497. The molecule has 0 spiro atoms. The lowest BCUT2D eigenvalue weighted by molar-refractivity contribution is 0.166. The minimum atomic E-state index is -0.674. The number of halogens is 1. The molecular formula is C4H5ClN2O2. The number of alkyl halides is 1. The average Bonchev–Trinajstić information content (AvgIpc) is 1.85. The third-order valence-corrected chi connectivity index (χ3v) is 0.607. The van der Waals surface area contributed by atoms with Gasteiger partial charge in [-0.15, -0.1) is 0 Å². The first-order chi connectivity index (χ1) is 4.31. The molecule has 0 unspecified atom stereocenters. The van der Waals surface area contributed by atoms with Crippen molar-refractivity contribution in [3.05, 3.63) is 0 Å². The molecule has 0 aromatic carbocycles. The van der Waals surface area contributed by atoms with Crippen LogP contribution in [0.2, 0.25) is 0 Å². The van der Waals surface area contributed by atoms with Gasteiger partial charge >= 0.3 is 6.09 Å². The second-order valence-electron chi connectivity index (χ2n) is 1.05. The van der Waals surface area contributed by atoms with E-state index in [-0.39, 0.29) is 12.6 Å². The highest BCUT2D eigenvalue weighted by Crippen LogP contribution is 1.78. The SMILES string of the molecule is N#CCNC(=O)OCCl. The van der Waals surface area contributed by atoms with Crippen molar-refractivity contribution < 1.29 is 9.53 Å². The first kappa shape index (κ1) is 8.05. The summed E-state index contributed by atoms with van der Waals surface area (Å²) in [4.78, 5) is 10.2. The van der Waals surface area contributed by atoms with Crippen molar-refractivity contribution >= 4 is 17.7 Å². The number of ether oxygens (including phenoxy) is 1. The van der Waals surface area contributed by atoms with E-state index >= 15 is 0 Å². The van der Waals surface area contributed by atoms with Crippen LogP contribution in [0.3, 0.4) is 0 Å². The molecule has 0 aliphatic heterocycles. The van der Waals surface area contributed by atoms with E-state index in [0.29, 0.717) is 0 Å². The van der Waals surface area contributed by atoms with E-state index in [4.69, 9.17) is 16.9 Å². The fourth-order valence-corrected chi connectivity index (χ4v) is 0.311. The van der Waals surface area contributed by atoms with Crippen molar-refractivity contribution in [3.8, 4) is 6.07 Å². The predicted octanol–water partition coefficient (Wildman–Crippen LogP) is 0.432. The van der Waals surface area contributed by atoms with Crippen LogP contribution in [0.1, 0.15) is 0 Å². The van der Waals surface area contributed by atoms with Gasteiger partial charge in [-0.05, 0) is 0 Å². The largest absolute Gasteiger partial charge is 0.433 e. The summed E-state index contributed by atoms with van der Waals surface area (Å²) in [6.45, 7) is -0.0598. The molecule has 0 aromatic heterocycles. The summed E-state index contributed by atoms with van der Waals surface area (Å²) >= 11 is 5.01. The lowest BCUT2D eigenvalue weighted by Crippen LogP contribution is -2.23. The number of carbonyl (C=O) groups is 1. The van der Waals surface area contributed by atoms with Crippen LogP contribution in [0.4, 0.5) is 4.79 Å². The fourth-order valence-electron chi connectivity index (χ4n) is 0.212. The molecule has 1 N–H and O–H groups in total. The molecule has 0 bridgehead atoms. The predicted molar refractivity (Wildman–Crippen MR) is 30.8 cm³/mol. The summed E-state index contributed by atoms with van der Waals surface area (Å²) in [7, 11) is 0. The number of hydrogen-bond acceptors (Lipinski definition) is 3. The van der Waals surface area contributed by atoms with Gasteiger partial charge in [0.25, 0.3) is 0 Å². The van der Waals surface area contributed by atoms with Crippen molar-refractivity contribution in [2.24, 2.45) is 0 Å². The minimum Gasteiger partial charge on any atom is -0.433 e. The highest BCUT2D eigenvalue weighted by molar-refractivity contribution is 6.17. The van der Waals surface area contributed by atoms with Crippen LogP contribution in [-0.2, 0) is 4.74 Å². The highest BCUT2D eigenvalue weighted by atomic mass is 35.5. The van der Waals surface area contributed by atoms with E-state index in [2.05, 4.69) is 10.1 Å². The number of amides is 1. The molecule has 0 aliphatic carbocycles. The van der Waals surface area contributed by atoms with Crippen molar-refractivity contribution in [2.75, 3.05) is 12.6 Å². The molecule has 0 rings (SSSR count). The Kier molecular flexibility index (Phi) is 4.64. The van der Waals surface area contributed by atoms with E-state index in [9.17, 15) is 4.79 Å². The number of carbonyl (C=O) groups excluding carboxylic acids is 1. The van der Waals surface area contributed by atoms with E-state index in [1.165, 1.54) is 0 Å². The zero-order valence-corrected chi connectivity index (χ0v) is 5.31. The molecule has 5 heteroatoms. The molecule has 0 radical (unpaired) electrons. The number of hydrogen-bond donors (Lipinski definition) is 1. The van der Waals surface area contributed by atoms with Gasteiger partial charge in [-0.3, -0.25) is 0 Å². The first-order valence-electron chi connectivity index (χ1n) is 2.14. The monoisotopic (exact) mass is 148 g/mol. The summed E-state index contributed by atoms with van der Waals surface area (Å²) in [6, 6.07) is 1.50. The van der Waals surface area contributed by atoms with Gasteiger partial charge in [0.2, 0.25) is 0 Å². The Morgan fingerprint density at radius 3 is 3.00 bits per heavy atom. The van der Waals surface area contributed by atoms with Gasteiger partial charge in [-0.2, -0.15) is 5.26 Å². The van der Waals surface area contributed by atoms with Crippen LogP contribution in [0, 0.1) is 11.3 Å². The topological polar surface area (TPSA) is 62.1 Å². The Balaban J connectivity index is 3.19. The summed E-state index contributed by atoms with van der Waals surface area (Å²) in [5.41, 5.74) is 0. The van der Waals surface area contributed by atoms with E-state index in [1.54, 1.807) is 6.07 Å². The van der Waals surface area contributed by atoms with E-state index in [0.717, 1.165) is 0 Å². The van der Waals surface area contributed by atoms with Gasteiger partial charge in [0.15, 0.2) is 6.07 Å². The van der Waals surface area contributed by atoms with Crippen LogP contribution < -0.4 is 5.32 Å². The fraction of sp³-hybridized carbons (Fsp3) is 0.500. The van der Waals surface area contributed by atoms with Gasteiger partial charge < -0.3 is 10.1 Å². The molecule has 0 atom stereocenters. The molecule has 0 saturated carbocycles. The van der Waals surface area contributed by atoms with Gasteiger partial charge in [-0.25, -0.2) is 4.79 Å². The minimum absolute atomic E-state index is 0.0598. The highest BCUT2D eigenvalue weighted by Gasteiger charge is 1.95. The molecule has 4 nitrogen and oxygen atoms in total. The molecule has 50 valence electrons. The maximum absolute atomic E-state index is 10.2. The molecule has 9 heavy (non-hydrogen) atoms. The standard InChI is InChI=1S/C4H5ClN2O2/c5-3-9-4(8)7-2-1-6/h2-3H2,(H,7,8). The molecule has 0 fully saturated rings.